The Kier molecular flexibility index (Phi) is 4.59. The van der Waals surface area contributed by atoms with E-state index in [1.807, 2.05) is 20.9 Å². The van der Waals surface area contributed by atoms with Gasteiger partial charge in [-0.05, 0) is 52.1 Å². The number of aryl methyl sites for hydroxylation is 2. The molecule has 1 N–H and O–H groups in total. The van der Waals surface area contributed by atoms with Gasteiger partial charge in [-0.25, -0.2) is 8.42 Å². The van der Waals surface area contributed by atoms with Gasteiger partial charge in [0.25, 0.3) is 0 Å². The van der Waals surface area contributed by atoms with Crippen LogP contribution in [0.2, 0.25) is 0 Å². The van der Waals surface area contributed by atoms with Crippen LogP contribution < -0.4 is 5.32 Å². The van der Waals surface area contributed by atoms with Gasteiger partial charge in [-0.3, -0.25) is 0 Å². The first kappa shape index (κ1) is 15.6. The van der Waals surface area contributed by atoms with E-state index in [0.29, 0.717) is 5.92 Å². The molecule has 2 rings (SSSR count). The number of hydrogen-bond acceptors (Lipinski definition) is 4. The van der Waals surface area contributed by atoms with Crippen LogP contribution in [0.3, 0.4) is 0 Å². The third-order valence-corrected chi connectivity index (χ3v) is 6.11. The quantitative estimate of drug-likeness (QED) is 0.928. The molecule has 20 heavy (non-hydrogen) atoms. The number of sulfone groups is 1. The second kappa shape index (κ2) is 5.90. The van der Waals surface area contributed by atoms with Crippen molar-refractivity contribution in [3.63, 3.8) is 0 Å². The summed E-state index contributed by atoms with van der Waals surface area (Å²) in [7, 11) is -0.998. The third kappa shape index (κ3) is 3.26. The Balaban J connectivity index is 2.21. The van der Waals surface area contributed by atoms with Gasteiger partial charge in [-0.2, -0.15) is 0 Å². The highest BCUT2D eigenvalue weighted by molar-refractivity contribution is 7.91. The highest BCUT2D eigenvalue weighted by Crippen LogP contribution is 2.38. The molecule has 0 saturated heterocycles. The van der Waals surface area contributed by atoms with Crippen LogP contribution in [0.1, 0.15) is 48.8 Å². The summed E-state index contributed by atoms with van der Waals surface area (Å²) in [5.74, 6) is 2.20. The highest BCUT2D eigenvalue weighted by atomic mass is 32.2. The van der Waals surface area contributed by atoms with E-state index in [-0.39, 0.29) is 11.3 Å². The molecule has 3 atom stereocenters. The van der Waals surface area contributed by atoms with Crippen molar-refractivity contribution in [2.24, 2.45) is 5.92 Å². The fraction of sp³-hybridized carbons (Fsp3) is 0.733. The average Bonchev–Trinajstić information content (AvgIpc) is 2.69. The normalized spacial score (nSPS) is 25.6. The highest BCUT2D eigenvalue weighted by Gasteiger charge is 2.34. The van der Waals surface area contributed by atoms with Gasteiger partial charge in [0.2, 0.25) is 0 Å². The lowest BCUT2D eigenvalue weighted by molar-refractivity contribution is 0.280. The van der Waals surface area contributed by atoms with Gasteiger partial charge in [0, 0.05) is 17.9 Å². The zero-order valence-electron chi connectivity index (χ0n) is 12.8. The van der Waals surface area contributed by atoms with Crippen molar-refractivity contribution in [2.45, 2.75) is 50.8 Å². The van der Waals surface area contributed by atoms with Crippen LogP contribution >= 0.6 is 0 Å². The number of rotatable bonds is 4. The van der Waals surface area contributed by atoms with E-state index in [2.05, 4.69) is 11.4 Å². The molecule has 1 heterocycles. The fourth-order valence-corrected chi connectivity index (χ4v) is 4.67. The molecule has 4 nitrogen and oxygen atoms in total. The summed E-state index contributed by atoms with van der Waals surface area (Å²) in [6.45, 7) is 3.92. The lowest BCUT2D eigenvalue weighted by Crippen LogP contribution is -2.34. The Bertz CT molecular complexity index is 562. The molecule has 1 saturated carbocycles. The third-order valence-electron chi connectivity index (χ3n) is 4.47. The van der Waals surface area contributed by atoms with E-state index < -0.39 is 9.84 Å². The molecular weight excluding hydrogens is 274 g/mol. The summed E-state index contributed by atoms with van der Waals surface area (Å²) in [6.07, 6.45) is 4.96. The Morgan fingerprint density at radius 3 is 2.55 bits per heavy atom. The molecule has 114 valence electrons. The molecule has 0 radical (unpaired) electrons. The standard InChI is InChI=1S/C15H25NO3S/c1-10-8-14(11(2)19-10)15(16-3)12-6-5-7-13(9-12)20(4,17)18/h8,12-13,15-16H,5-7,9H2,1-4H3. The van der Waals surface area contributed by atoms with Crippen LogP contribution in [0.5, 0.6) is 0 Å². The van der Waals surface area contributed by atoms with E-state index in [1.165, 1.54) is 11.8 Å². The van der Waals surface area contributed by atoms with E-state index in [4.69, 9.17) is 4.42 Å². The van der Waals surface area contributed by atoms with Crippen molar-refractivity contribution in [3.8, 4) is 0 Å². The smallest absolute Gasteiger partial charge is 0.150 e. The maximum absolute atomic E-state index is 11.8. The summed E-state index contributed by atoms with van der Waals surface area (Å²) < 4.78 is 29.2. The Morgan fingerprint density at radius 2 is 2.05 bits per heavy atom. The fourth-order valence-electron chi connectivity index (χ4n) is 3.48. The van der Waals surface area contributed by atoms with Gasteiger partial charge in [0.05, 0.1) is 5.25 Å². The largest absolute Gasteiger partial charge is 0.466 e. The van der Waals surface area contributed by atoms with Crippen LogP contribution in [0.15, 0.2) is 10.5 Å². The first-order valence-corrected chi connectivity index (χ1v) is 9.21. The summed E-state index contributed by atoms with van der Waals surface area (Å²) in [6, 6.07) is 2.25. The van der Waals surface area contributed by atoms with Crippen LogP contribution in [0.25, 0.3) is 0 Å². The number of furan rings is 1. The number of hydrogen-bond donors (Lipinski definition) is 1. The van der Waals surface area contributed by atoms with E-state index in [9.17, 15) is 8.42 Å². The van der Waals surface area contributed by atoms with Crippen LogP contribution in [-0.4, -0.2) is 27.0 Å². The average molecular weight is 299 g/mol. The van der Waals surface area contributed by atoms with E-state index in [1.54, 1.807) is 0 Å². The van der Waals surface area contributed by atoms with Gasteiger partial charge in [-0.1, -0.05) is 6.42 Å². The Morgan fingerprint density at radius 1 is 1.35 bits per heavy atom. The maximum Gasteiger partial charge on any atom is 0.150 e. The van der Waals surface area contributed by atoms with E-state index in [0.717, 1.165) is 37.2 Å². The second-order valence-corrected chi connectivity index (χ2v) is 8.34. The Labute approximate surface area is 121 Å². The predicted octanol–water partition coefficient (Wildman–Crippen LogP) is 2.76. The Hall–Kier alpha value is -0.810. The molecule has 0 aromatic carbocycles. The van der Waals surface area contributed by atoms with Gasteiger partial charge < -0.3 is 9.73 Å². The molecule has 1 aromatic rings. The van der Waals surface area contributed by atoms with Crippen molar-refractivity contribution in [3.05, 3.63) is 23.2 Å². The lowest BCUT2D eigenvalue weighted by atomic mass is 9.81. The molecule has 1 aliphatic rings. The first-order chi connectivity index (χ1) is 9.32. The SMILES string of the molecule is CNC(c1cc(C)oc1C)C1CCCC(S(C)(=O)=O)C1. The minimum absolute atomic E-state index is 0.178. The second-order valence-electron chi connectivity index (χ2n) is 6.01. The molecule has 1 aromatic heterocycles. The van der Waals surface area contributed by atoms with Gasteiger partial charge in [-0.15, -0.1) is 0 Å². The van der Waals surface area contributed by atoms with Crippen LogP contribution in [-0.2, 0) is 9.84 Å². The summed E-state index contributed by atoms with van der Waals surface area (Å²) in [4.78, 5) is 0. The monoisotopic (exact) mass is 299 g/mol. The number of nitrogens with one attached hydrogen (secondary N) is 1. The molecule has 0 aliphatic heterocycles. The van der Waals surface area contributed by atoms with Crippen LogP contribution in [0, 0.1) is 19.8 Å². The lowest BCUT2D eigenvalue weighted by Gasteiger charge is -2.33. The van der Waals surface area contributed by atoms with Crippen molar-refractivity contribution in [1.29, 1.82) is 0 Å². The van der Waals surface area contributed by atoms with E-state index >= 15 is 0 Å². The zero-order valence-corrected chi connectivity index (χ0v) is 13.6. The van der Waals surface area contributed by atoms with Crippen molar-refractivity contribution >= 4 is 9.84 Å². The minimum Gasteiger partial charge on any atom is -0.466 e. The molecule has 1 fully saturated rings. The zero-order chi connectivity index (χ0) is 14.9. The summed E-state index contributed by atoms with van der Waals surface area (Å²) in [5, 5.41) is 3.17. The molecule has 0 bridgehead atoms. The maximum atomic E-state index is 11.8. The van der Waals surface area contributed by atoms with Gasteiger partial charge in [0.15, 0.2) is 0 Å². The molecule has 0 spiro atoms. The van der Waals surface area contributed by atoms with Gasteiger partial charge in [0.1, 0.15) is 21.4 Å². The van der Waals surface area contributed by atoms with Crippen molar-refractivity contribution in [1.82, 2.24) is 5.32 Å². The van der Waals surface area contributed by atoms with Crippen LogP contribution in [0.4, 0.5) is 0 Å². The van der Waals surface area contributed by atoms with Crippen molar-refractivity contribution < 1.29 is 12.8 Å². The first-order valence-electron chi connectivity index (χ1n) is 7.26. The predicted molar refractivity (Wildman–Crippen MR) is 80.6 cm³/mol. The molecule has 3 unspecified atom stereocenters. The molecular formula is C15H25NO3S. The van der Waals surface area contributed by atoms with Gasteiger partial charge >= 0.3 is 0 Å². The molecule has 5 heteroatoms. The summed E-state index contributed by atoms with van der Waals surface area (Å²) >= 11 is 0. The topological polar surface area (TPSA) is 59.3 Å². The van der Waals surface area contributed by atoms with Crippen molar-refractivity contribution in [2.75, 3.05) is 13.3 Å². The molecule has 0 amide bonds. The summed E-state index contributed by atoms with van der Waals surface area (Å²) in [5.41, 5.74) is 1.17. The minimum atomic E-state index is -2.94. The molecule has 1 aliphatic carbocycles.